The SMILES string of the molecule is c1ccc(-c2nc(-c3cccc(-c4cccc(-c5ccc6c(c5)oc5ccccc56)c4)c3)nc(-c3cccc(-c4ccccn4)c3)n2)cc1. The average molecular weight is 629 g/mol. The summed E-state index contributed by atoms with van der Waals surface area (Å²) in [5, 5.41) is 2.26. The van der Waals surface area contributed by atoms with Gasteiger partial charge < -0.3 is 4.42 Å². The van der Waals surface area contributed by atoms with Crippen molar-refractivity contribution in [3.05, 3.63) is 170 Å². The van der Waals surface area contributed by atoms with Gasteiger partial charge in [-0.1, -0.05) is 115 Å². The van der Waals surface area contributed by atoms with Crippen LogP contribution >= 0.6 is 0 Å². The molecule has 0 N–H and O–H groups in total. The van der Waals surface area contributed by atoms with Crippen molar-refractivity contribution < 1.29 is 4.42 Å². The van der Waals surface area contributed by atoms with Crippen LogP contribution in [0.15, 0.2) is 174 Å². The summed E-state index contributed by atoms with van der Waals surface area (Å²) in [6.07, 6.45) is 1.80. The van der Waals surface area contributed by atoms with Crippen molar-refractivity contribution in [3.8, 4) is 67.7 Å². The minimum Gasteiger partial charge on any atom is -0.456 e. The molecule has 9 aromatic rings. The number of aromatic nitrogens is 4. The predicted molar refractivity (Wildman–Crippen MR) is 198 cm³/mol. The molecular weight excluding hydrogens is 601 g/mol. The van der Waals surface area contributed by atoms with E-state index in [4.69, 9.17) is 19.4 Å². The highest BCUT2D eigenvalue weighted by atomic mass is 16.3. The molecule has 3 heterocycles. The lowest BCUT2D eigenvalue weighted by atomic mass is 9.97. The van der Waals surface area contributed by atoms with E-state index in [1.165, 1.54) is 0 Å². The molecule has 3 aromatic heterocycles. The van der Waals surface area contributed by atoms with E-state index in [9.17, 15) is 0 Å². The summed E-state index contributed by atoms with van der Waals surface area (Å²) in [7, 11) is 0. The van der Waals surface area contributed by atoms with Crippen molar-refractivity contribution in [3.63, 3.8) is 0 Å². The molecule has 0 saturated carbocycles. The Labute approximate surface area is 283 Å². The molecule has 0 aliphatic heterocycles. The Morgan fingerprint density at radius 1 is 0.327 bits per heavy atom. The summed E-state index contributed by atoms with van der Waals surface area (Å²) in [5.41, 5.74) is 10.8. The van der Waals surface area contributed by atoms with Crippen molar-refractivity contribution in [2.24, 2.45) is 0 Å². The summed E-state index contributed by atoms with van der Waals surface area (Å²) < 4.78 is 6.18. The van der Waals surface area contributed by atoms with E-state index in [1.807, 2.05) is 78.9 Å². The Bertz CT molecular complexity index is 2610. The van der Waals surface area contributed by atoms with E-state index >= 15 is 0 Å². The zero-order chi connectivity index (χ0) is 32.6. The largest absolute Gasteiger partial charge is 0.456 e. The normalized spacial score (nSPS) is 11.3. The van der Waals surface area contributed by atoms with Crippen LogP contribution in [-0.4, -0.2) is 19.9 Å². The van der Waals surface area contributed by atoms with Crippen LogP contribution in [0.4, 0.5) is 0 Å². The first-order chi connectivity index (χ1) is 24.2. The molecule has 5 nitrogen and oxygen atoms in total. The Morgan fingerprint density at radius 3 is 1.53 bits per heavy atom. The van der Waals surface area contributed by atoms with Gasteiger partial charge in [-0.2, -0.15) is 0 Å². The van der Waals surface area contributed by atoms with Gasteiger partial charge in [0, 0.05) is 39.2 Å². The molecule has 0 saturated heterocycles. The van der Waals surface area contributed by atoms with Gasteiger partial charge in [-0.3, -0.25) is 4.98 Å². The number of benzene rings is 6. The lowest BCUT2D eigenvalue weighted by Gasteiger charge is -2.11. The van der Waals surface area contributed by atoms with Crippen molar-refractivity contribution in [2.75, 3.05) is 0 Å². The molecule has 5 heteroatoms. The molecule has 49 heavy (non-hydrogen) atoms. The maximum atomic E-state index is 6.18. The van der Waals surface area contributed by atoms with Crippen LogP contribution in [0, 0.1) is 0 Å². The summed E-state index contributed by atoms with van der Waals surface area (Å²) >= 11 is 0. The predicted octanol–water partition coefficient (Wildman–Crippen LogP) is 11.2. The minimum absolute atomic E-state index is 0.606. The topological polar surface area (TPSA) is 64.7 Å². The van der Waals surface area contributed by atoms with Gasteiger partial charge in [0.25, 0.3) is 0 Å². The fraction of sp³-hybridized carbons (Fsp3) is 0. The Balaban J connectivity index is 1.11. The Hall–Kier alpha value is -6.72. The third-order valence-electron chi connectivity index (χ3n) is 8.78. The minimum atomic E-state index is 0.606. The van der Waals surface area contributed by atoms with Crippen LogP contribution < -0.4 is 0 Å². The number of furan rings is 1. The maximum absolute atomic E-state index is 6.18. The van der Waals surface area contributed by atoms with E-state index in [0.29, 0.717) is 17.5 Å². The fourth-order valence-electron chi connectivity index (χ4n) is 6.32. The van der Waals surface area contributed by atoms with E-state index in [1.54, 1.807) is 6.20 Å². The first-order valence-electron chi connectivity index (χ1n) is 16.2. The molecular formula is C44H28N4O. The van der Waals surface area contributed by atoms with Crippen molar-refractivity contribution in [2.45, 2.75) is 0 Å². The fourth-order valence-corrected chi connectivity index (χ4v) is 6.32. The standard InChI is InChI=1S/C44H28N4O/c1-2-11-29(12-3-1)42-46-43(48-44(47-42)36-18-10-16-34(27-36)39-20-6-7-24-45-39)35-17-9-15-32(26-35)30-13-8-14-31(25-30)33-22-23-38-37-19-4-5-21-40(37)49-41(38)28-33/h1-28H. The molecule has 0 fully saturated rings. The van der Waals surface area contributed by atoms with Crippen LogP contribution in [0.5, 0.6) is 0 Å². The van der Waals surface area contributed by atoms with Gasteiger partial charge in [-0.25, -0.2) is 15.0 Å². The first-order valence-corrected chi connectivity index (χ1v) is 16.2. The molecule has 0 atom stereocenters. The van der Waals surface area contributed by atoms with E-state index in [2.05, 4.69) is 89.9 Å². The van der Waals surface area contributed by atoms with Crippen LogP contribution in [-0.2, 0) is 0 Å². The molecule has 0 spiro atoms. The second-order valence-corrected chi connectivity index (χ2v) is 11.9. The van der Waals surface area contributed by atoms with Crippen molar-refractivity contribution >= 4 is 21.9 Å². The highest BCUT2D eigenvalue weighted by Crippen LogP contribution is 2.34. The van der Waals surface area contributed by atoms with Crippen LogP contribution in [0.2, 0.25) is 0 Å². The molecule has 0 bridgehead atoms. The number of hydrogen-bond acceptors (Lipinski definition) is 5. The van der Waals surface area contributed by atoms with Gasteiger partial charge in [0.2, 0.25) is 0 Å². The maximum Gasteiger partial charge on any atom is 0.164 e. The monoisotopic (exact) mass is 628 g/mol. The zero-order valence-corrected chi connectivity index (χ0v) is 26.4. The molecule has 0 aliphatic rings. The summed E-state index contributed by atoms with van der Waals surface area (Å²) in [4.78, 5) is 19.5. The van der Waals surface area contributed by atoms with Gasteiger partial charge in [0.05, 0.1) is 5.69 Å². The highest BCUT2D eigenvalue weighted by molar-refractivity contribution is 6.05. The summed E-state index contributed by atoms with van der Waals surface area (Å²) in [6, 6.07) is 55.8. The quantitative estimate of drug-likeness (QED) is 0.183. The molecule has 6 aromatic carbocycles. The molecule has 0 radical (unpaired) electrons. The summed E-state index contributed by atoms with van der Waals surface area (Å²) in [6.45, 7) is 0. The Morgan fingerprint density at radius 2 is 0.837 bits per heavy atom. The molecule has 9 rings (SSSR count). The number of fused-ring (bicyclic) bond motifs is 3. The van der Waals surface area contributed by atoms with E-state index in [0.717, 1.165) is 72.1 Å². The van der Waals surface area contributed by atoms with E-state index < -0.39 is 0 Å². The van der Waals surface area contributed by atoms with Crippen LogP contribution in [0.1, 0.15) is 0 Å². The van der Waals surface area contributed by atoms with Crippen molar-refractivity contribution in [1.29, 1.82) is 0 Å². The number of hydrogen-bond donors (Lipinski definition) is 0. The van der Waals surface area contributed by atoms with Crippen LogP contribution in [0.25, 0.3) is 89.6 Å². The van der Waals surface area contributed by atoms with Gasteiger partial charge in [0.1, 0.15) is 11.2 Å². The molecule has 230 valence electrons. The average Bonchev–Trinajstić information content (AvgIpc) is 3.57. The number of nitrogens with zero attached hydrogens (tertiary/aromatic N) is 4. The molecule has 0 amide bonds. The van der Waals surface area contributed by atoms with Crippen molar-refractivity contribution in [1.82, 2.24) is 19.9 Å². The summed E-state index contributed by atoms with van der Waals surface area (Å²) in [5.74, 6) is 1.84. The highest BCUT2D eigenvalue weighted by Gasteiger charge is 2.14. The molecule has 0 aliphatic carbocycles. The Kier molecular flexibility index (Phi) is 7.06. The third-order valence-corrected chi connectivity index (χ3v) is 8.78. The zero-order valence-electron chi connectivity index (χ0n) is 26.4. The van der Waals surface area contributed by atoms with E-state index in [-0.39, 0.29) is 0 Å². The number of pyridine rings is 1. The molecule has 0 unspecified atom stereocenters. The lowest BCUT2D eigenvalue weighted by molar-refractivity contribution is 0.669. The van der Waals surface area contributed by atoms with Gasteiger partial charge >= 0.3 is 0 Å². The van der Waals surface area contributed by atoms with Gasteiger partial charge in [-0.15, -0.1) is 0 Å². The number of rotatable bonds is 6. The van der Waals surface area contributed by atoms with Crippen LogP contribution in [0.3, 0.4) is 0 Å². The smallest absolute Gasteiger partial charge is 0.164 e. The number of para-hydroxylation sites is 1. The lowest BCUT2D eigenvalue weighted by Crippen LogP contribution is -2.00. The third kappa shape index (κ3) is 5.53. The second kappa shape index (κ2) is 12.1. The first kappa shape index (κ1) is 28.5. The van der Waals surface area contributed by atoms with Gasteiger partial charge in [-0.05, 0) is 70.8 Å². The van der Waals surface area contributed by atoms with Gasteiger partial charge in [0.15, 0.2) is 17.5 Å². The second-order valence-electron chi connectivity index (χ2n) is 11.9.